The lowest BCUT2D eigenvalue weighted by atomic mass is 9.94. The number of fused-ring (bicyclic) bond motifs is 1. The molecule has 0 saturated carbocycles. The van der Waals surface area contributed by atoms with Crippen LogP contribution in [0.1, 0.15) is 31.9 Å². The zero-order chi connectivity index (χ0) is 14.8. The van der Waals surface area contributed by atoms with Crippen molar-refractivity contribution < 1.29 is 0 Å². The van der Waals surface area contributed by atoms with Crippen molar-refractivity contribution in [3.8, 4) is 0 Å². The number of aromatic amines is 1. The molecule has 1 saturated heterocycles. The Morgan fingerprint density at radius 1 is 1.17 bits per heavy atom. The molecule has 1 aliphatic heterocycles. The third-order valence-electron chi connectivity index (χ3n) is 4.32. The van der Waals surface area contributed by atoms with Crippen molar-refractivity contribution in [3.63, 3.8) is 0 Å². The fourth-order valence-corrected chi connectivity index (χ4v) is 3.66. The maximum atomic E-state index is 3.61. The van der Waals surface area contributed by atoms with Crippen LogP contribution in [-0.2, 0) is 0 Å². The molecular formula is C17H26BrCl2N3. The van der Waals surface area contributed by atoms with Gasteiger partial charge in [0.1, 0.15) is 0 Å². The van der Waals surface area contributed by atoms with Crippen LogP contribution in [0.3, 0.4) is 0 Å². The molecule has 23 heavy (non-hydrogen) atoms. The van der Waals surface area contributed by atoms with Crippen LogP contribution in [0.25, 0.3) is 10.9 Å². The van der Waals surface area contributed by atoms with Crippen LogP contribution in [-0.4, -0.2) is 36.1 Å². The number of nitrogens with one attached hydrogen (secondary N) is 2. The highest BCUT2D eigenvalue weighted by Crippen LogP contribution is 2.34. The van der Waals surface area contributed by atoms with Crippen molar-refractivity contribution in [1.82, 2.24) is 15.2 Å². The number of piperazine rings is 1. The SMILES string of the molecule is CC(C)C[C@H](c1c[nH]c2ccc(Br)cc12)N1CCNCC1.Cl.Cl. The molecule has 1 aromatic carbocycles. The lowest BCUT2D eigenvalue weighted by Gasteiger charge is -2.36. The molecule has 0 aliphatic carbocycles. The van der Waals surface area contributed by atoms with Crippen LogP contribution in [0, 0.1) is 5.92 Å². The van der Waals surface area contributed by atoms with Crippen molar-refractivity contribution in [3.05, 3.63) is 34.4 Å². The van der Waals surface area contributed by atoms with Crippen molar-refractivity contribution in [2.75, 3.05) is 26.2 Å². The van der Waals surface area contributed by atoms with Gasteiger partial charge in [-0.1, -0.05) is 29.8 Å². The Kier molecular flexibility index (Phi) is 8.39. The molecule has 0 unspecified atom stereocenters. The molecule has 1 aromatic heterocycles. The third-order valence-corrected chi connectivity index (χ3v) is 4.82. The van der Waals surface area contributed by atoms with E-state index in [0.29, 0.717) is 12.0 Å². The zero-order valence-electron chi connectivity index (χ0n) is 13.6. The fraction of sp³-hybridized carbons (Fsp3) is 0.529. The predicted octanol–water partition coefficient (Wildman–Crippen LogP) is 4.77. The summed E-state index contributed by atoms with van der Waals surface area (Å²) in [6.45, 7) is 9.11. The van der Waals surface area contributed by atoms with Gasteiger partial charge >= 0.3 is 0 Å². The zero-order valence-corrected chi connectivity index (χ0v) is 16.9. The van der Waals surface area contributed by atoms with Crippen LogP contribution in [0.4, 0.5) is 0 Å². The largest absolute Gasteiger partial charge is 0.361 e. The first kappa shape index (κ1) is 20.8. The lowest BCUT2D eigenvalue weighted by molar-refractivity contribution is 0.155. The number of benzene rings is 1. The summed E-state index contributed by atoms with van der Waals surface area (Å²) in [5, 5.41) is 4.81. The number of rotatable bonds is 4. The number of hydrogen-bond donors (Lipinski definition) is 2. The Morgan fingerprint density at radius 2 is 1.87 bits per heavy atom. The molecule has 2 aromatic rings. The molecule has 0 radical (unpaired) electrons. The van der Waals surface area contributed by atoms with E-state index in [0.717, 1.165) is 30.7 Å². The van der Waals surface area contributed by atoms with E-state index < -0.39 is 0 Å². The second kappa shape index (κ2) is 9.28. The normalized spacial score (nSPS) is 16.9. The molecule has 1 fully saturated rings. The van der Waals surface area contributed by atoms with Crippen LogP contribution < -0.4 is 5.32 Å². The van der Waals surface area contributed by atoms with E-state index in [1.54, 1.807) is 0 Å². The van der Waals surface area contributed by atoms with E-state index in [4.69, 9.17) is 0 Å². The summed E-state index contributed by atoms with van der Waals surface area (Å²) in [6, 6.07) is 7.02. The van der Waals surface area contributed by atoms with Gasteiger partial charge in [0.15, 0.2) is 0 Å². The summed E-state index contributed by atoms with van der Waals surface area (Å²) in [5.41, 5.74) is 2.68. The van der Waals surface area contributed by atoms with Crippen LogP contribution >= 0.6 is 40.7 Å². The summed E-state index contributed by atoms with van der Waals surface area (Å²) in [5.74, 6) is 0.696. The van der Waals surface area contributed by atoms with Crippen LogP contribution in [0.2, 0.25) is 0 Å². The summed E-state index contributed by atoms with van der Waals surface area (Å²) < 4.78 is 1.15. The lowest BCUT2D eigenvalue weighted by Crippen LogP contribution is -2.45. The van der Waals surface area contributed by atoms with E-state index >= 15 is 0 Å². The molecule has 0 bridgehead atoms. The van der Waals surface area contributed by atoms with Crippen LogP contribution in [0.15, 0.2) is 28.9 Å². The van der Waals surface area contributed by atoms with Gasteiger partial charge in [-0.2, -0.15) is 0 Å². The quantitative estimate of drug-likeness (QED) is 0.743. The average molecular weight is 423 g/mol. The topological polar surface area (TPSA) is 31.1 Å². The van der Waals surface area contributed by atoms with E-state index in [2.05, 4.69) is 69.4 Å². The second-order valence-corrected chi connectivity index (χ2v) is 7.28. The van der Waals surface area contributed by atoms with Crippen molar-refractivity contribution in [2.24, 2.45) is 5.92 Å². The van der Waals surface area contributed by atoms with Gasteiger partial charge in [-0.15, -0.1) is 24.8 Å². The number of nitrogens with zero attached hydrogens (tertiary/aromatic N) is 1. The van der Waals surface area contributed by atoms with Crippen molar-refractivity contribution >= 4 is 51.6 Å². The summed E-state index contributed by atoms with van der Waals surface area (Å²) in [4.78, 5) is 6.08. The average Bonchev–Trinajstić information content (AvgIpc) is 2.88. The smallest absolute Gasteiger partial charge is 0.0458 e. The minimum atomic E-state index is 0. The number of H-pyrrole nitrogens is 1. The highest BCUT2D eigenvalue weighted by molar-refractivity contribution is 9.10. The molecule has 2 heterocycles. The number of aromatic nitrogens is 1. The van der Waals surface area contributed by atoms with Gasteiger partial charge < -0.3 is 10.3 Å². The standard InChI is InChI=1S/C17H24BrN3.2ClH/c1-12(2)9-17(21-7-5-19-6-8-21)15-11-20-16-4-3-13(18)10-14(15)16;;/h3-4,10-12,17,19-20H,5-9H2,1-2H3;2*1H/t17-;;/m1../s1. The molecule has 6 heteroatoms. The van der Waals surface area contributed by atoms with Crippen LogP contribution in [0.5, 0.6) is 0 Å². The van der Waals surface area contributed by atoms with E-state index in [9.17, 15) is 0 Å². The highest BCUT2D eigenvalue weighted by atomic mass is 79.9. The molecule has 3 rings (SSSR count). The second-order valence-electron chi connectivity index (χ2n) is 6.37. The first-order valence-corrected chi connectivity index (χ1v) is 8.65. The highest BCUT2D eigenvalue weighted by Gasteiger charge is 2.25. The van der Waals surface area contributed by atoms with Crippen molar-refractivity contribution in [1.29, 1.82) is 0 Å². The van der Waals surface area contributed by atoms with Gasteiger partial charge in [0.05, 0.1) is 0 Å². The Hall–Kier alpha value is -0.260. The molecule has 3 nitrogen and oxygen atoms in total. The van der Waals surface area contributed by atoms with Gasteiger partial charge in [-0.3, -0.25) is 4.90 Å². The first-order chi connectivity index (χ1) is 10.1. The molecular weight excluding hydrogens is 397 g/mol. The minimum absolute atomic E-state index is 0. The molecule has 2 N–H and O–H groups in total. The Labute approximate surface area is 159 Å². The van der Waals surface area contributed by atoms with Gasteiger partial charge in [0, 0.05) is 53.8 Å². The molecule has 0 spiro atoms. The van der Waals surface area contributed by atoms with E-state index in [1.807, 2.05) is 0 Å². The van der Waals surface area contributed by atoms with E-state index in [1.165, 1.54) is 22.9 Å². The maximum Gasteiger partial charge on any atom is 0.0458 e. The summed E-state index contributed by atoms with van der Waals surface area (Å²) >= 11 is 3.61. The van der Waals surface area contributed by atoms with Gasteiger partial charge in [-0.05, 0) is 36.1 Å². The predicted molar refractivity (Wildman–Crippen MR) is 107 cm³/mol. The van der Waals surface area contributed by atoms with Gasteiger partial charge in [0.2, 0.25) is 0 Å². The van der Waals surface area contributed by atoms with Gasteiger partial charge in [-0.25, -0.2) is 0 Å². The number of hydrogen-bond acceptors (Lipinski definition) is 2. The molecule has 130 valence electrons. The summed E-state index contributed by atoms with van der Waals surface area (Å²) in [7, 11) is 0. The van der Waals surface area contributed by atoms with E-state index in [-0.39, 0.29) is 24.8 Å². The van der Waals surface area contributed by atoms with Crippen molar-refractivity contribution in [2.45, 2.75) is 26.3 Å². The maximum absolute atomic E-state index is 3.61. The Bertz CT molecular complexity index is 609. The molecule has 1 atom stereocenters. The number of halogens is 3. The Morgan fingerprint density at radius 3 is 2.52 bits per heavy atom. The molecule has 1 aliphatic rings. The summed E-state index contributed by atoms with van der Waals surface area (Å²) in [6.07, 6.45) is 3.42. The minimum Gasteiger partial charge on any atom is -0.361 e. The molecule has 0 amide bonds. The fourth-order valence-electron chi connectivity index (χ4n) is 3.30. The first-order valence-electron chi connectivity index (χ1n) is 7.86. The van der Waals surface area contributed by atoms with Gasteiger partial charge in [0.25, 0.3) is 0 Å². The third kappa shape index (κ3) is 4.86. The Balaban J connectivity index is 0.00000132. The monoisotopic (exact) mass is 421 g/mol.